The Morgan fingerprint density at radius 2 is 1.02 bits per heavy atom. The van der Waals surface area contributed by atoms with E-state index in [-0.39, 0.29) is 35.9 Å². The predicted molar refractivity (Wildman–Crippen MR) is 160 cm³/mol. The Kier molecular flexibility index (Phi) is 15.6. The average molecular weight is 625 g/mol. The van der Waals surface area contributed by atoms with Crippen LogP contribution in [0.15, 0.2) is 10.2 Å². The third-order valence-electron chi connectivity index (χ3n) is 6.67. The number of hydrogen-bond acceptors (Lipinski definition) is 10. The van der Waals surface area contributed by atoms with Crippen molar-refractivity contribution in [1.82, 2.24) is 10.6 Å². The summed E-state index contributed by atoms with van der Waals surface area (Å²) in [6.45, 7) is 14.7. The van der Waals surface area contributed by atoms with Crippen LogP contribution in [0, 0.1) is 11.8 Å². The van der Waals surface area contributed by atoms with Crippen molar-refractivity contribution in [3.8, 4) is 0 Å². The van der Waals surface area contributed by atoms with Crippen LogP contribution in [0.3, 0.4) is 0 Å². The van der Waals surface area contributed by atoms with E-state index in [1.807, 2.05) is 0 Å². The first-order valence-corrected chi connectivity index (χ1v) is 14.9. The van der Waals surface area contributed by atoms with Crippen molar-refractivity contribution >= 4 is 24.1 Å². The molecule has 2 rings (SSSR count). The largest absolute Gasteiger partial charge is 0.466 e. The zero-order chi connectivity index (χ0) is 33.5. The van der Waals surface area contributed by atoms with Gasteiger partial charge in [-0.2, -0.15) is 0 Å². The summed E-state index contributed by atoms with van der Waals surface area (Å²) < 4.78 is 20.5. The number of amides is 2. The molecule has 44 heavy (non-hydrogen) atoms. The van der Waals surface area contributed by atoms with Crippen molar-refractivity contribution in [2.24, 2.45) is 22.1 Å². The fourth-order valence-corrected chi connectivity index (χ4v) is 4.89. The Morgan fingerprint density at radius 1 is 0.682 bits per heavy atom. The van der Waals surface area contributed by atoms with E-state index in [2.05, 4.69) is 30.7 Å². The summed E-state index contributed by atoms with van der Waals surface area (Å²) in [6, 6.07) is -1.64. The van der Waals surface area contributed by atoms with Crippen LogP contribution in [-0.4, -0.2) is 72.7 Å². The van der Waals surface area contributed by atoms with E-state index in [4.69, 9.17) is 30.0 Å². The standard InChI is InChI=1S/2C14H24N4O4/c2*1-5-21-12(19)9-6-7-10(17-18-15)11(8-9)16-13(20)22-14(2,3)4/h2*9-11H,5-8H2,1-4H3,(H,16,20)/t2*9-,10?,11+/m00/s1. The molecule has 248 valence electrons. The highest BCUT2D eigenvalue weighted by atomic mass is 16.6. The van der Waals surface area contributed by atoms with Crippen LogP contribution in [0.5, 0.6) is 0 Å². The lowest BCUT2D eigenvalue weighted by molar-refractivity contribution is -0.150. The number of nitrogens with one attached hydrogen (secondary N) is 2. The zero-order valence-corrected chi connectivity index (χ0v) is 27.1. The molecular weight excluding hydrogens is 576 g/mol. The number of ether oxygens (including phenoxy) is 4. The number of carbonyl (C=O) groups is 4. The summed E-state index contributed by atoms with van der Waals surface area (Å²) in [5, 5.41) is 12.8. The van der Waals surface area contributed by atoms with Gasteiger partial charge in [-0.1, -0.05) is 10.2 Å². The highest BCUT2D eigenvalue weighted by molar-refractivity contribution is 5.74. The van der Waals surface area contributed by atoms with Crippen LogP contribution in [0.2, 0.25) is 0 Å². The molecule has 6 atom stereocenters. The van der Waals surface area contributed by atoms with Crippen molar-refractivity contribution in [1.29, 1.82) is 0 Å². The number of carbonyl (C=O) groups excluding carboxylic acids is 4. The van der Waals surface area contributed by atoms with E-state index < -0.39 is 35.5 Å². The maximum atomic E-state index is 11.9. The van der Waals surface area contributed by atoms with Gasteiger partial charge >= 0.3 is 24.1 Å². The fourth-order valence-electron chi connectivity index (χ4n) is 4.89. The highest BCUT2D eigenvalue weighted by Crippen LogP contribution is 2.29. The molecule has 2 aliphatic rings. The highest BCUT2D eigenvalue weighted by Gasteiger charge is 2.37. The lowest BCUT2D eigenvalue weighted by Gasteiger charge is -2.33. The Bertz CT molecular complexity index is 992. The van der Waals surface area contributed by atoms with Gasteiger partial charge in [-0.15, -0.1) is 0 Å². The number of esters is 2. The van der Waals surface area contributed by atoms with Crippen LogP contribution in [0.1, 0.15) is 93.9 Å². The summed E-state index contributed by atoms with van der Waals surface area (Å²) in [6.07, 6.45) is 1.79. The second-order valence-electron chi connectivity index (χ2n) is 12.6. The smallest absolute Gasteiger partial charge is 0.407 e. The van der Waals surface area contributed by atoms with Gasteiger partial charge in [0, 0.05) is 21.9 Å². The molecule has 0 heterocycles. The predicted octanol–water partition coefficient (Wildman–Crippen LogP) is 5.84. The van der Waals surface area contributed by atoms with Crippen molar-refractivity contribution < 1.29 is 38.1 Å². The van der Waals surface area contributed by atoms with Crippen LogP contribution < -0.4 is 10.6 Å². The van der Waals surface area contributed by atoms with E-state index in [0.29, 0.717) is 51.7 Å². The first kappa shape index (κ1) is 38.1. The van der Waals surface area contributed by atoms with Crippen LogP contribution >= 0.6 is 0 Å². The van der Waals surface area contributed by atoms with Gasteiger partial charge in [-0.05, 0) is 105 Å². The Labute approximate surface area is 258 Å². The summed E-state index contributed by atoms with van der Waals surface area (Å²) in [5.41, 5.74) is 16.0. The Hall–Kier alpha value is -3.90. The molecule has 2 amide bonds. The van der Waals surface area contributed by atoms with Crippen molar-refractivity contribution in [3.05, 3.63) is 20.9 Å². The maximum absolute atomic E-state index is 11.9. The molecule has 2 unspecified atom stereocenters. The lowest BCUT2D eigenvalue weighted by Crippen LogP contribution is -2.49. The van der Waals surface area contributed by atoms with Gasteiger partial charge in [0.05, 0.1) is 37.1 Å². The summed E-state index contributed by atoms with van der Waals surface area (Å²) in [7, 11) is 0. The average Bonchev–Trinajstić information content (AvgIpc) is 2.89. The number of rotatable bonds is 8. The number of alkyl carbamates (subject to hydrolysis) is 2. The maximum Gasteiger partial charge on any atom is 0.407 e. The van der Waals surface area contributed by atoms with Crippen LogP contribution in [0.4, 0.5) is 9.59 Å². The molecule has 0 radical (unpaired) electrons. The molecular formula is C28H48N8O8. The Morgan fingerprint density at radius 3 is 1.30 bits per heavy atom. The molecule has 16 heteroatoms. The first-order valence-electron chi connectivity index (χ1n) is 14.9. The molecule has 0 aromatic carbocycles. The normalized spacial score (nSPS) is 24.8. The Balaban J connectivity index is 0.000000440. The van der Waals surface area contributed by atoms with E-state index in [9.17, 15) is 19.2 Å². The minimum Gasteiger partial charge on any atom is -0.466 e. The van der Waals surface area contributed by atoms with Gasteiger partial charge in [0.25, 0.3) is 0 Å². The minimum atomic E-state index is -0.618. The summed E-state index contributed by atoms with van der Waals surface area (Å²) in [4.78, 5) is 53.1. The van der Waals surface area contributed by atoms with E-state index >= 15 is 0 Å². The second kappa shape index (κ2) is 18.0. The molecule has 2 saturated carbocycles. The van der Waals surface area contributed by atoms with Crippen molar-refractivity contribution in [2.45, 2.75) is 129 Å². The zero-order valence-electron chi connectivity index (χ0n) is 27.1. The molecule has 2 aliphatic carbocycles. The van der Waals surface area contributed by atoms with E-state index in [0.717, 1.165) is 0 Å². The fraction of sp³-hybridized carbons (Fsp3) is 0.857. The molecule has 0 bridgehead atoms. The number of hydrogen-bond donors (Lipinski definition) is 2. The SMILES string of the molecule is CCOC(=O)[C@H]1CCC(N=[N+]=[N-])[C@H](NC(=O)OC(C)(C)C)C1.CCOC(=O)[C@H]1CCC(N=[N+]=[N-])[C@H](NC(=O)OC(C)(C)C)C1. The van der Waals surface area contributed by atoms with Gasteiger partial charge in [-0.3, -0.25) is 9.59 Å². The van der Waals surface area contributed by atoms with Crippen LogP contribution in [0.25, 0.3) is 20.9 Å². The van der Waals surface area contributed by atoms with Crippen LogP contribution in [-0.2, 0) is 28.5 Å². The first-order chi connectivity index (χ1) is 20.5. The molecule has 2 N–H and O–H groups in total. The quantitative estimate of drug-likeness (QED) is 0.109. The molecule has 0 aliphatic heterocycles. The number of azide groups is 2. The molecule has 16 nitrogen and oxygen atoms in total. The van der Waals surface area contributed by atoms with E-state index in [1.165, 1.54) is 0 Å². The van der Waals surface area contributed by atoms with Crippen molar-refractivity contribution in [3.63, 3.8) is 0 Å². The van der Waals surface area contributed by atoms with Gasteiger partial charge in [-0.25, -0.2) is 9.59 Å². The van der Waals surface area contributed by atoms with Gasteiger partial charge in [0.15, 0.2) is 0 Å². The van der Waals surface area contributed by atoms with Gasteiger partial charge < -0.3 is 29.6 Å². The molecule has 0 aromatic heterocycles. The topological polar surface area (TPSA) is 227 Å². The number of nitrogens with zero attached hydrogens (tertiary/aromatic N) is 6. The van der Waals surface area contributed by atoms with Gasteiger partial charge in [0.1, 0.15) is 11.2 Å². The monoisotopic (exact) mass is 624 g/mol. The van der Waals surface area contributed by atoms with E-state index in [1.54, 1.807) is 55.4 Å². The third kappa shape index (κ3) is 14.5. The minimum absolute atomic E-state index is 0.280. The third-order valence-corrected chi connectivity index (χ3v) is 6.67. The van der Waals surface area contributed by atoms with Gasteiger partial charge in [0.2, 0.25) is 0 Å². The summed E-state index contributed by atoms with van der Waals surface area (Å²) >= 11 is 0. The summed E-state index contributed by atoms with van der Waals surface area (Å²) in [5.74, 6) is -1.16. The second-order valence-corrected chi connectivity index (χ2v) is 12.6. The lowest BCUT2D eigenvalue weighted by atomic mass is 9.82. The molecule has 0 spiro atoms. The molecule has 2 fully saturated rings. The van der Waals surface area contributed by atoms with Crippen molar-refractivity contribution in [2.75, 3.05) is 13.2 Å². The molecule has 0 aromatic rings. The molecule has 0 saturated heterocycles.